The van der Waals surface area contributed by atoms with Crippen molar-refractivity contribution in [3.8, 4) is 5.75 Å². The third-order valence-corrected chi connectivity index (χ3v) is 4.96. The van der Waals surface area contributed by atoms with Crippen molar-refractivity contribution in [1.29, 1.82) is 0 Å². The molecule has 0 aliphatic heterocycles. The van der Waals surface area contributed by atoms with Crippen molar-refractivity contribution in [2.45, 2.75) is 44.0 Å². The second-order valence-electron chi connectivity index (χ2n) is 7.24. The fraction of sp³-hybridized carbons (Fsp3) is 0.318. The Morgan fingerprint density at radius 2 is 1.60 bits per heavy atom. The van der Waals surface area contributed by atoms with Crippen LogP contribution < -0.4 is 15.4 Å². The number of aromatic carboxylic acids is 1. The predicted octanol–water partition coefficient (Wildman–Crippen LogP) is 5.27. The smallest absolute Gasteiger partial charge is 0.416 e. The van der Waals surface area contributed by atoms with Crippen LogP contribution >= 0.6 is 0 Å². The number of rotatable bonds is 7. The summed E-state index contributed by atoms with van der Waals surface area (Å²) in [4.78, 5) is 10.9. The SMILES string of the molecule is C=C(Nc1ccc(C(F)(F)F)cc1)NC1CCC(Oc2ccc(C(=O)O)cc2)CC1. The average molecular weight is 420 g/mol. The van der Waals surface area contributed by atoms with Gasteiger partial charge in [-0.3, -0.25) is 0 Å². The Balaban J connectivity index is 1.42. The molecule has 0 spiro atoms. The number of carboxylic acid groups (broad SMARTS) is 1. The third-order valence-electron chi connectivity index (χ3n) is 4.96. The quantitative estimate of drug-likeness (QED) is 0.570. The number of ether oxygens (including phenoxy) is 1. The lowest BCUT2D eigenvalue weighted by Crippen LogP contribution is -2.37. The molecule has 0 unspecified atom stereocenters. The lowest BCUT2D eigenvalue weighted by atomic mass is 9.93. The van der Waals surface area contributed by atoms with Gasteiger partial charge in [0.25, 0.3) is 0 Å². The van der Waals surface area contributed by atoms with Crippen molar-refractivity contribution >= 4 is 11.7 Å². The van der Waals surface area contributed by atoms with Gasteiger partial charge in [-0.2, -0.15) is 13.2 Å². The highest BCUT2D eigenvalue weighted by Crippen LogP contribution is 2.30. The molecule has 0 amide bonds. The molecule has 30 heavy (non-hydrogen) atoms. The molecule has 3 rings (SSSR count). The van der Waals surface area contributed by atoms with E-state index in [1.807, 2.05) is 0 Å². The van der Waals surface area contributed by atoms with E-state index in [4.69, 9.17) is 9.84 Å². The van der Waals surface area contributed by atoms with Crippen LogP contribution in [0.3, 0.4) is 0 Å². The highest BCUT2D eigenvalue weighted by molar-refractivity contribution is 5.87. The number of hydrogen-bond acceptors (Lipinski definition) is 4. The fourth-order valence-corrected chi connectivity index (χ4v) is 3.39. The van der Waals surface area contributed by atoms with Crippen LogP contribution in [0.4, 0.5) is 18.9 Å². The minimum absolute atomic E-state index is 0.0508. The number of halogens is 3. The van der Waals surface area contributed by atoms with Gasteiger partial charge in [0.2, 0.25) is 0 Å². The van der Waals surface area contributed by atoms with Crippen molar-refractivity contribution in [3.63, 3.8) is 0 Å². The van der Waals surface area contributed by atoms with Crippen LogP contribution in [0.15, 0.2) is 60.9 Å². The van der Waals surface area contributed by atoms with E-state index in [1.54, 1.807) is 12.1 Å². The van der Waals surface area contributed by atoms with Crippen molar-refractivity contribution in [3.05, 3.63) is 72.1 Å². The Kier molecular flexibility index (Phi) is 6.54. The summed E-state index contributed by atoms with van der Waals surface area (Å²) in [5.41, 5.74) is 0.0548. The largest absolute Gasteiger partial charge is 0.490 e. The molecule has 0 aromatic heterocycles. The molecule has 2 aromatic carbocycles. The number of anilines is 1. The van der Waals surface area contributed by atoms with Crippen LogP contribution in [0.1, 0.15) is 41.6 Å². The molecule has 160 valence electrons. The first-order valence-corrected chi connectivity index (χ1v) is 9.60. The number of alkyl halides is 3. The predicted molar refractivity (Wildman–Crippen MR) is 107 cm³/mol. The third kappa shape index (κ3) is 5.92. The molecular weight excluding hydrogens is 397 g/mol. The molecule has 1 aliphatic rings. The summed E-state index contributed by atoms with van der Waals surface area (Å²) in [6.07, 6.45) is -0.947. The Bertz CT molecular complexity index is 872. The van der Waals surface area contributed by atoms with Gasteiger partial charge in [-0.15, -0.1) is 0 Å². The molecule has 3 N–H and O–H groups in total. The lowest BCUT2D eigenvalue weighted by molar-refractivity contribution is -0.137. The zero-order valence-electron chi connectivity index (χ0n) is 16.2. The molecule has 0 saturated heterocycles. The summed E-state index contributed by atoms with van der Waals surface area (Å²) in [5, 5.41) is 15.2. The van der Waals surface area contributed by atoms with Crippen LogP contribution in [-0.2, 0) is 6.18 Å². The molecule has 1 saturated carbocycles. The first kappa shape index (κ1) is 21.5. The summed E-state index contributed by atoms with van der Waals surface area (Å²) < 4.78 is 43.8. The first-order valence-electron chi connectivity index (χ1n) is 9.60. The highest BCUT2D eigenvalue weighted by Gasteiger charge is 2.30. The van der Waals surface area contributed by atoms with Gasteiger partial charge < -0.3 is 20.5 Å². The van der Waals surface area contributed by atoms with Crippen molar-refractivity contribution in [1.82, 2.24) is 5.32 Å². The lowest BCUT2D eigenvalue weighted by Gasteiger charge is -2.30. The topological polar surface area (TPSA) is 70.6 Å². The Morgan fingerprint density at radius 3 is 2.13 bits per heavy atom. The summed E-state index contributed by atoms with van der Waals surface area (Å²) >= 11 is 0. The van der Waals surface area contributed by atoms with Crippen molar-refractivity contribution in [2.75, 3.05) is 5.32 Å². The summed E-state index contributed by atoms with van der Waals surface area (Å²) in [7, 11) is 0. The first-order chi connectivity index (χ1) is 14.2. The number of benzene rings is 2. The van der Waals surface area contributed by atoms with E-state index in [-0.39, 0.29) is 17.7 Å². The molecule has 0 radical (unpaired) electrons. The Labute approximate surface area is 172 Å². The molecule has 2 aromatic rings. The van der Waals surface area contributed by atoms with E-state index in [1.165, 1.54) is 24.3 Å². The average Bonchev–Trinajstić information content (AvgIpc) is 2.69. The zero-order chi connectivity index (χ0) is 21.7. The fourth-order valence-electron chi connectivity index (χ4n) is 3.39. The van der Waals surface area contributed by atoms with E-state index < -0.39 is 17.7 Å². The minimum Gasteiger partial charge on any atom is -0.490 e. The van der Waals surface area contributed by atoms with Crippen molar-refractivity contribution < 1.29 is 27.8 Å². The molecule has 5 nitrogen and oxygen atoms in total. The van der Waals surface area contributed by atoms with Gasteiger partial charge in [0.15, 0.2) is 0 Å². The molecule has 1 fully saturated rings. The monoisotopic (exact) mass is 420 g/mol. The van der Waals surface area contributed by atoms with Crippen LogP contribution in [0.5, 0.6) is 5.75 Å². The Hall–Kier alpha value is -3.16. The number of hydrogen-bond donors (Lipinski definition) is 3. The maximum atomic E-state index is 12.6. The van der Waals surface area contributed by atoms with E-state index in [0.29, 0.717) is 17.3 Å². The van der Waals surface area contributed by atoms with Crippen molar-refractivity contribution in [2.24, 2.45) is 0 Å². The maximum Gasteiger partial charge on any atom is 0.416 e. The van der Waals surface area contributed by atoms with Crippen LogP contribution in [-0.4, -0.2) is 23.2 Å². The van der Waals surface area contributed by atoms with Gasteiger partial charge in [0.05, 0.1) is 23.1 Å². The maximum absolute atomic E-state index is 12.6. The van der Waals surface area contributed by atoms with E-state index in [0.717, 1.165) is 37.8 Å². The molecular formula is C22H23F3N2O3. The molecule has 8 heteroatoms. The normalized spacial score (nSPS) is 19.0. The Morgan fingerprint density at radius 1 is 1.00 bits per heavy atom. The summed E-state index contributed by atoms with van der Waals surface area (Å²) in [6.45, 7) is 3.90. The van der Waals surface area contributed by atoms with E-state index in [9.17, 15) is 18.0 Å². The van der Waals surface area contributed by atoms with Crippen LogP contribution in [0.2, 0.25) is 0 Å². The standard InChI is InChI=1S/C22H23F3N2O3/c1-14(26-17-6-4-16(5-7-17)22(23,24)25)27-18-8-12-20(13-9-18)30-19-10-2-15(3-11-19)21(28)29/h2-7,10-11,18,20,26-27H,1,8-9,12-13H2,(H,28,29). The van der Waals surface area contributed by atoms with Crippen LogP contribution in [0.25, 0.3) is 0 Å². The zero-order valence-corrected chi connectivity index (χ0v) is 16.2. The summed E-state index contributed by atoms with van der Waals surface area (Å²) in [5.74, 6) is 0.200. The van der Waals surface area contributed by atoms with Gasteiger partial charge in [0.1, 0.15) is 5.75 Å². The molecule has 0 heterocycles. The van der Waals surface area contributed by atoms with Gasteiger partial charge in [-0.1, -0.05) is 6.58 Å². The second-order valence-corrected chi connectivity index (χ2v) is 7.24. The second kappa shape index (κ2) is 9.11. The van der Waals surface area contributed by atoms with Gasteiger partial charge in [0, 0.05) is 11.7 Å². The number of carbonyl (C=O) groups is 1. The molecule has 0 atom stereocenters. The highest BCUT2D eigenvalue weighted by atomic mass is 19.4. The number of nitrogens with one attached hydrogen (secondary N) is 2. The van der Waals surface area contributed by atoms with Gasteiger partial charge in [-0.05, 0) is 74.2 Å². The molecule has 1 aliphatic carbocycles. The minimum atomic E-state index is -4.35. The van der Waals surface area contributed by atoms with Crippen LogP contribution in [0, 0.1) is 0 Å². The molecule has 0 bridgehead atoms. The van der Waals surface area contributed by atoms with E-state index >= 15 is 0 Å². The van der Waals surface area contributed by atoms with E-state index in [2.05, 4.69) is 17.2 Å². The van der Waals surface area contributed by atoms with Gasteiger partial charge >= 0.3 is 12.1 Å². The van der Waals surface area contributed by atoms with Gasteiger partial charge in [-0.25, -0.2) is 4.79 Å². The summed E-state index contributed by atoms with van der Waals surface area (Å²) in [6, 6.07) is 11.3. The number of carboxylic acids is 1.